The van der Waals surface area contributed by atoms with E-state index in [9.17, 15) is 0 Å². The summed E-state index contributed by atoms with van der Waals surface area (Å²) in [4.78, 5) is 5.36. The minimum Gasteiger partial charge on any atom is -0.247 e. The van der Waals surface area contributed by atoms with Gasteiger partial charge in [-0.1, -0.05) is 129 Å². The molecule has 6 aromatic carbocycles. The standard InChI is InChI=1S/C40H27NS/c1-40(2)33-15-6-3-10-27(33)31-23-22-30-28-11-4-7-16-34(28)41-38(36(30)37(31)40)25-20-18-24(19-21-25)26-13-9-14-32-29-12-5-8-17-35(29)42-39(26)32/h3-23H,1-2H3. The van der Waals surface area contributed by atoms with Crippen LogP contribution in [0.5, 0.6) is 0 Å². The lowest BCUT2D eigenvalue weighted by atomic mass is 9.79. The normalized spacial score (nSPS) is 13.7. The Morgan fingerprint density at radius 3 is 2.10 bits per heavy atom. The predicted octanol–water partition coefficient (Wildman–Crippen LogP) is 11.4. The summed E-state index contributed by atoms with van der Waals surface area (Å²) >= 11 is 1.88. The van der Waals surface area contributed by atoms with Crippen LogP contribution in [0.25, 0.3) is 75.4 Å². The predicted molar refractivity (Wildman–Crippen MR) is 181 cm³/mol. The van der Waals surface area contributed by atoms with Gasteiger partial charge in [0.15, 0.2) is 0 Å². The summed E-state index contributed by atoms with van der Waals surface area (Å²) in [6.45, 7) is 4.73. The van der Waals surface area contributed by atoms with Crippen LogP contribution in [-0.2, 0) is 5.41 Å². The van der Waals surface area contributed by atoms with Crippen molar-refractivity contribution in [3.8, 4) is 33.5 Å². The van der Waals surface area contributed by atoms with Crippen LogP contribution in [0.4, 0.5) is 0 Å². The number of nitrogens with zero attached hydrogens (tertiary/aromatic N) is 1. The number of rotatable bonds is 2. The van der Waals surface area contributed by atoms with Gasteiger partial charge in [-0.15, -0.1) is 11.3 Å². The first-order chi connectivity index (χ1) is 20.6. The molecular formula is C40H27NS. The monoisotopic (exact) mass is 553 g/mol. The van der Waals surface area contributed by atoms with Crippen LogP contribution in [0, 0.1) is 0 Å². The molecule has 0 unspecified atom stereocenters. The molecule has 1 nitrogen and oxygen atoms in total. The van der Waals surface area contributed by atoms with Crippen molar-refractivity contribution < 1.29 is 0 Å². The van der Waals surface area contributed by atoms with Crippen molar-refractivity contribution in [1.29, 1.82) is 0 Å². The number of aromatic nitrogens is 1. The second kappa shape index (κ2) is 8.61. The number of hydrogen-bond donors (Lipinski definition) is 0. The van der Waals surface area contributed by atoms with Crippen LogP contribution in [0.1, 0.15) is 25.0 Å². The minimum atomic E-state index is -0.124. The van der Waals surface area contributed by atoms with Crippen molar-refractivity contribution in [1.82, 2.24) is 4.98 Å². The maximum atomic E-state index is 5.36. The zero-order chi connectivity index (χ0) is 28.0. The highest BCUT2D eigenvalue weighted by molar-refractivity contribution is 7.26. The summed E-state index contributed by atoms with van der Waals surface area (Å²) < 4.78 is 2.68. The maximum Gasteiger partial charge on any atom is 0.0791 e. The van der Waals surface area contributed by atoms with Gasteiger partial charge >= 0.3 is 0 Å². The lowest BCUT2D eigenvalue weighted by Crippen LogP contribution is -2.16. The number of para-hydroxylation sites is 1. The zero-order valence-electron chi connectivity index (χ0n) is 23.5. The molecule has 0 fully saturated rings. The van der Waals surface area contributed by atoms with E-state index < -0.39 is 0 Å². The first-order valence-electron chi connectivity index (χ1n) is 14.6. The van der Waals surface area contributed by atoms with E-state index in [0.717, 1.165) is 16.8 Å². The lowest BCUT2D eigenvalue weighted by Gasteiger charge is -2.24. The number of hydrogen-bond acceptors (Lipinski definition) is 2. The summed E-state index contributed by atoms with van der Waals surface area (Å²) in [5.74, 6) is 0. The fourth-order valence-electron chi connectivity index (χ4n) is 7.31. The highest BCUT2D eigenvalue weighted by Crippen LogP contribution is 2.53. The highest BCUT2D eigenvalue weighted by atomic mass is 32.1. The molecule has 0 saturated heterocycles. The Labute approximate surface area is 248 Å². The number of fused-ring (bicyclic) bond motifs is 10. The summed E-state index contributed by atoms with van der Waals surface area (Å²) in [5.41, 5.74) is 11.1. The Morgan fingerprint density at radius 2 is 1.21 bits per heavy atom. The van der Waals surface area contributed by atoms with E-state index in [4.69, 9.17) is 4.98 Å². The van der Waals surface area contributed by atoms with Crippen LogP contribution in [0.3, 0.4) is 0 Å². The largest absolute Gasteiger partial charge is 0.247 e. The highest BCUT2D eigenvalue weighted by Gasteiger charge is 2.37. The van der Waals surface area contributed by atoms with E-state index in [1.165, 1.54) is 69.7 Å². The average molecular weight is 554 g/mol. The van der Waals surface area contributed by atoms with Gasteiger partial charge in [0.2, 0.25) is 0 Å². The fraction of sp³-hybridized carbons (Fsp3) is 0.0750. The smallest absolute Gasteiger partial charge is 0.0791 e. The minimum absolute atomic E-state index is 0.124. The van der Waals surface area contributed by atoms with Gasteiger partial charge in [-0.2, -0.15) is 0 Å². The molecule has 0 spiro atoms. The van der Waals surface area contributed by atoms with Crippen molar-refractivity contribution in [2.75, 3.05) is 0 Å². The van der Waals surface area contributed by atoms with Gasteiger partial charge in [-0.05, 0) is 50.9 Å². The summed E-state index contributed by atoms with van der Waals surface area (Å²) in [5, 5.41) is 6.41. The molecule has 0 N–H and O–H groups in total. The average Bonchev–Trinajstić information content (AvgIpc) is 3.53. The summed E-state index contributed by atoms with van der Waals surface area (Å²) in [7, 11) is 0. The molecule has 1 aliphatic rings. The molecule has 2 heteroatoms. The molecule has 0 amide bonds. The Morgan fingerprint density at radius 1 is 0.524 bits per heavy atom. The Balaban J connectivity index is 1.29. The Bertz CT molecular complexity index is 2370. The van der Waals surface area contributed by atoms with Crippen LogP contribution >= 0.6 is 11.3 Å². The second-order valence-corrected chi connectivity index (χ2v) is 13.0. The summed E-state index contributed by atoms with van der Waals surface area (Å²) in [6.07, 6.45) is 0. The van der Waals surface area contributed by atoms with E-state index >= 15 is 0 Å². The van der Waals surface area contributed by atoms with Crippen molar-refractivity contribution in [3.05, 3.63) is 139 Å². The van der Waals surface area contributed by atoms with E-state index in [-0.39, 0.29) is 5.41 Å². The molecule has 0 radical (unpaired) electrons. The number of thiophene rings is 1. The maximum absolute atomic E-state index is 5.36. The third-order valence-corrected chi connectivity index (χ3v) is 10.5. The second-order valence-electron chi connectivity index (χ2n) is 11.9. The van der Waals surface area contributed by atoms with Gasteiger partial charge in [0.25, 0.3) is 0 Å². The third-order valence-electron chi connectivity index (χ3n) is 9.26. The van der Waals surface area contributed by atoms with E-state index in [1.807, 2.05) is 11.3 Å². The van der Waals surface area contributed by atoms with Crippen molar-refractivity contribution in [2.45, 2.75) is 19.3 Å². The molecule has 8 aromatic rings. The molecule has 2 aromatic heterocycles. The van der Waals surface area contributed by atoms with E-state index in [2.05, 4.69) is 141 Å². The molecular weight excluding hydrogens is 527 g/mol. The molecule has 0 atom stereocenters. The summed E-state index contributed by atoms with van der Waals surface area (Å²) in [6, 6.07) is 46.6. The molecule has 0 bridgehead atoms. The molecule has 2 heterocycles. The number of pyridine rings is 1. The van der Waals surface area contributed by atoms with Crippen molar-refractivity contribution in [3.63, 3.8) is 0 Å². The first kappa shape index (κ1) is 23.9. The molecule has 0 aliphatic heterocycles. The van der Waals surface area contributed by atoms with Crippen LogP contribution in [0.15, 0.2) is 127 Å². The Hall–Kier alpha value is -4.79. The fourth-order valence-corrected chi connectivity index (χ4v) is 8.55. The van der Waals surface area contributed by atoms with Gasteiger partial charge in [-0.3, -0.25) is 0 Å². The topological polar surface area (TPSA) is 12.9 Å². The van der Waals surface area contributed by atoms with Crippen molar-refractivity contribution >= 4 is 53.2 Å². The molecule has 42 heavy (non-hydrogen) atoms. The van der Waals surface area contributed by atoms with Crippen molar-refractivity contribution in [2.24, 2.45) is 0 Å². The van der Waals surface area contributed by atoms with Crippen LogP contribution in [0.2, 0.25) is 0 Å². The van der Waals surface area contributed by atoms with Gasteiger partial charge in [0, 0.05) is 41.9 Å². The lowest BCUT2D eigenvalue weighted by molar-refractivity contribution is 0.666. The molecule has 1 aliphatic carbocycles. The number of benzene rings is 6. The van der Waals surface area contributed by atoms with E-state index in [1.54, 1.807) is 0 Å². The van der Waals surface area contributed by atoms with Gasteiger partial charge in [0.05, 0.1) is 11.2 Å². The van der Waals surface area contributed by atoms with Crippen LogP contribution < -0.4 is 0 Å². The zero-order valence-corrected chi connectivity index (χ0v) is 24.3. The quantitative estimate of drug-likeness (QED) is 0.194. The van der Waals surface area contributed by atoms with E-state index in [0.29, 0.717) is 0 Å². The Kier molecular flexibility index (Phi) is 4.89. The molecule has 198 valence electrons. The van der Waals surface area contributed by atoms with Gasteiger partial charge < -0.3 is 0 Å². The van der Waals surface area contributed by atoms with Crippen LogP contribution in [-0.4, -0.2) is 4.98 Å². The molecule has 0 saturated carbocycles. The molecule has 9 rings (SSSR count). The van der Waals surface area contributed by atoms with Gasteiger partial charge in [-0.25, -0.2) is 4.98 Å². The third kappa shape index (κ3) is 3.22. The van der Waals surface area contributed by atoms with Gasteiger partial charge in [0.1, 0.15) is 0 Å². The SMILES string of the molecule is CC1(C)c2ccccc2-c2ccc3c(c(-c4ccc(-c5cccc6c5sc5ccccc56)cc4)nc4ccccc43)c21. The first-order valence-corrected chi connectivity index (χ1v) is 15.4.